The van der Waals surface area contributed by atoms with Gasteiger partial charge < -0.3 is 14.0 Å². The lowest BCUT2D eigenvalue weighted by Crippen LogP contribution is -2.40. The average molecular weight is 701 g/mol. The molecule has 0 saturated carbocycles. The number of ether oxygens (including phenoxy) is 2. The third-order valence-electron chi connectivity index (χ3n) is 2.28. The molecule has 1 atom stereocenters. The van der Waals surface area contributed by atoms with Crippen molar-refractivity contribution in [3.05, 3.63) is 19.3 Å². The maximum Gasteiger partial charge on any atom is 0.429 e. The molecule has 134 valence electrons. The van der Waals surface area contributed by atoms with Gasteiger partial charge in [-0.25, -0.2) is 13.2 Å². The summed E-state index contributed by atoms with van der Waals surface area (Å²) in [4.78, 5) is 22.8. The van der Waals surface area contributed by atoms with Gasteiger partial charge in [-0.2, -0.15) is 8.78 Å². The van der Waals surface area contributed by atoms with Crippen molar-refractivity contribution in [3.8, 4) is 11.5 Å². The molecule has 1 unspecified atom stereocenters. The second-order valence-corrected chi connectivity index (χ2v) is 9.72. The van der Waals surface area contributed by atoms with E-state index in [9.17, 15) is 31.3 Å². The van der Waals surface area contributed by atoms with Gasteiger partial charge in [0.15, 0.2) is 10.1 Å². The monoisotopic (exact) mass is 701 g/mol. The molecule has 1 aromatic carbocycles. The molecule has 0 spiro atoms. The standard InChI is InChI=1S/C11H7F2I3O7S/c1-4(14)9(17)22-7-2-6(16)8(3-5(7)15)23-10(18)11(12,13)24(19,20)21/h2-4H,1H3,(H,19,20,21)/p-1. The molecular weight excluding hydrogens is 695 g/mol. The second-order valence-electron chi connectivity index (χ2n) is 4.11. The van der Waals surface area contributed by atoms with E-state index in [1.54, 1.807) is 52.1 Å². The molecule has 0 aliphatic rings. The van der Waals surface area contributed by atoms with Crippen molar-refractivity contribution >= 4 is 89.8 Å². The van der Waals surface area contributed by atoms with Crippen LogP contribution in [0.1, 0.15) is 6.92 Å². The van der Waals surface area contributed by atoms with Gasteiger partial charge in [0.1, 0.15) is 15.4 Å². The highest BCUT2D eigenvalue weighted by atomic mass is 127. The molecule has 0 fully saturated rings. The highest BCUT2D eigenvalue weighted by molar-refractivity contribution is 14.1. The van der Waals surface area contributed by atoms with Crippen molar-refractivity contribution in [3.63, 3.8) is 0 Å². The number of carbonyl (C=O) groups is 2. The molecule has 0 aliphatic carbocycles. The van der Waals surface area contributed by atoms with Crippen LogP contribution in [0.2, 0.25) is 0 Å². The lowest BCUT2D eigenvalue weighted by atomic mass is 10.3. The van der Waals surface area contributed by atoms with Crippen LogP contribution in [0.3, 0.4) is 0 Å². The zero-order valence-electron chi connectivity index (χ0n) is 11.4. The highest BCUT2D eigenvalue weighted by Gasteiger charge is 2.49. The molecule has 0 heterocycles. The first-order valence-electron chi connectivity index (χ1n) is 5.67. The van der Waals surface area contributed by atoms with Gasteiger partial charge in [0.25, 0.3) is 0 Å². The number of carbonyl (C=O) groups excluding carboxylic acids is 2. The molecule has 0 aromatic heterocycles. The molecular formula is C11H6F2I3O7S-. The number of esters is 2. The number of benzene rings is 1. The van der Waals surface area contributed by atoms with Gasteiger partial charge >= 0.3 is 17.2 Å². The van der Waals surface area contributed by atoms with E-state index in [0.29, 0.717) is 0 Å². The lowest BCUT2D eigenvalue weighted by molar-refractivity contribution is -0.151. The first kappa shape index (κ1) is 22.2. The topological polar surface area (TPSA) is 110 Å². The zero-order valence-corrected chi connectivity index (χ0v) is 18.7. The predicted octanol–water partition coefficient (Wildman–Crippen LogP) is 2.67. The highest BCUT2D eigenvalue weighted by Crippen LogP contribution is 2.33. The van der Waals surface area contributed by atoms with Crippen LogP contribution in [0.4, 0.5) is 8.78 Å². The quantitative estimate of drug-likeness (QED) is 0.153. The van der Waals surface area contributed by atoms with E-state index in [1.807, 2.05) is 22.6 Å². The molecule has 13 heteroatoms. The summed E-state index contributed by atoms with van der Waals surface area (Å²) in [6, 6.07) is 2.33. The second kappa shape index (κ2) is 8.21. The zero-order chi connectivity index (χ0) is 18.9. The molecule has 0 N–H and O–H groups in total. The molecule has 7 nitrogen and oxygen atoms in total. The minimum atomic E-state index is -6.21. The van der Waals surface area contributed by atoms with Crippen LogP contribution in [-0.4, -0.2) is 34.1 Å². The van der Waals surface area contributed by atoms with E-state index in [0.717, 1.165) is 6.07 Å². The summed E-state index contributed by atoms with van der Waals surface area (Å²) < 4.78 is 66.8. The SMILES string of the molecule is CC(I)C(=O)Oc1cc(I)c(OC(=O)C(F)(F)S(=O)(=O)[O-])cc1I. The summed E-state index contributed by atoms with van der Waals surface area (Å²) in [6.07, 6.45) is 0. The van der Waals surface area contributed by atoms with Gasteiger partial charge in [0, 0.05) is 0 Å². The molecule has 0 bridgehead atoms. The third kappa shape index (κ3) is 5.31. The number of halogens is 5. The Hall–Kier alpha value is 0.120. The van der Waals surface area contributed by atoms with Crippen LogP contribution in [0.15, 0.2) is 12.1 Å². The Kier molecular flexibility index (Phi) is 7.58. The summed E-state index contributed by atoms with van der Waals surface area (Å²) in [7, 11) is -6.21. The van der Waals surface area contributed by atoms with Crippen LogP contribution in [-0.2, 0) is 19.7 Å². The summed E-state index contributed by atoms with van der Waals surface area (Å²) in [6.45, 7) is 1.60. The maximum absolute atomic E-state index is 13.1. The van der Waals surface area contributed by atoms with Gasteiger partial charge in [-0.3, -0.25) is 4.79 Å². The van der Waals surface area contributed by atoms with Gasteiger partial charge in [-0.05, 0) is 64.2 Å². The van der Waals surface area contributed by atoms with Gasteiger partial charge in [-0.1, -0.05) is 22.6 Å². The summed E-state index contributed by atoms with van der Waals surface area (Å²) in [5.41, 5.74) is 0. The third-order valence-corrected chi connectivity index (χ3v) is 5.27. The predicted molar refractivity (Wildman–Crippen MR) is 101 cm³/mol. The molecule has 0 aliphatic heterocycles. The largest absolute Gasteiger partial charge is 0.743 e. The van der Waals surface area contributed by atoms with Crippen molar-refractivity contribution in [1.82, 2.24) is 0 Å². The van der Waals surface area contributed by atoms with Crippen molar-refractivity contribution in [2.24, 2.45) is 0 Å². The number of hydrogen-bond donors (Lipinski definition) is 0. The van der Waals surface area contributed by atoms with Crippen LogP contribution in [0.5, 0.6) is 11.5 Å². The van der Waals surface area contributed by atoms with Crippen LogP contribution in [0, 0.1) is 7.14 Å². The first-order valence-corrected chi connectivity index (χ1v) is 10.5. The van der Waals surface area contributed by atoms with Crippen LogP contribution >= 0.6 is 67.8 Å². The Balaban J connectivity index is 3.10. The van der Waals surface area contributed by atoms with Crippen molar-refractivity contribution < 1.29 is 40.8 Å². The Morgan fingerprint density at radius 1 is 1.17 bits per heavy atom. The summed E-state index contributed by atoms with van der Waals surface area (Å²) in [5, 5.41) is -5.22. The van der Waals surface area contributed by atoms with Crippen molar-refractivity contribution in [1.29, 1.82) is 0 Å². The van der Waals surface area contributed by atoms with E-state index in [1.165, 1.54) is 6.07 Å². The summed E-state index contributed by atoms with van der Waals surface area (Å²) >= 11 is 5.14. The molecule has 1 rings (SSSR count). The Morgan fingerprint density at radius 3 is 1.96 bits per heavy atom. The molecule has 0 saturated heterocycles. The van der Waals surface area contributed by atoms with Gasteiger partial charge in [0.05, 0.1) is 7.14 Å². The van der Waals surface area contributed by atoms with E-state index >= 15 is 0 Å². The van der Waals surface area contributed by atoms with Gasteiger partial charge in [-0.15, -0.1) is 0 Å². The van der Waals surface area contributed by atoms with E-state index < -0.39 is 37.0 Å². The normalized spacial score (nSPS) is 13.3. The first-order chi connectivity index (χ1) is 10.8. The van der Waals surface area contributed by atoms with Crippen LogP contribution in [0.25, 0.3) is 0 Å². The Labute approximate surface area is 176 Å². The summed E-state index contributed by atoms with van der Waals surface area (Å²) in [5.74, 6) is -3.36. The molecule has 1 aromatic rings. The average Bonchev–Trinajstić information content (AvgIpc) is 2.42. The Bertz CT molecular complexity index is 780. The minimum absolute atomic E-state index is 0.0874. The van der Waals surface area contributed by atoms with E-state index in [4.69, 9.17) is 4.74 Å². The van der Waals surface area contributed by atoms with E-state index in [2.05, 4.69) is 4.74 Å². The number of alkyl halides is 3. The van der Waals surface area contributed by atoms with Crippen LogP contribution < -0.4 is 9.47 Å². The fourth-order valence-electron chi connectivity index (χ4n) is 1.12. The van der Waals surface area contributed by atoms with Crippen molar-refractivity contribution in [2.45, 2.75) is 16.1 Å². The fraction of sp³-hybridized carbons (Fsp3) is 0.273. The fourth-order valence-corrected chi connectivity index (χ4v) is 2.59. The number of hydrogen-bond acceptors (Lipinski definition) is 7. The maximum atomic E-state index is 13.1. The van der Waals surface area contributed by atoms with E-state index in [-0.39, 0.29) is 12.9 Å². The Morgan fingerprint density at radius 2 is 1.58 bits per heavy atom. The molecule has 24 heavy (non-hydrogen) atoms. The van der Waals surface area contributed by atoms with Gasteiger partial charge in [0.2, 0.25) is 0 Å². The smallest absolute Gasteiger partial charge is 0.429 e. The van der Waals surface area contributed by atoms with Crippen molar-refractivity contribution in [2.75, 3.05) is 0 Å². The lowest BCUT2D eigenvalue weighted by Gasteiger charge is -2.18. The minimum Gasteiger partial charge on any atom is -0.743 e. The molecule has 0 amide bonds. The number of rotatable bonds is 5. The molecule has 0 radical (unpaired) electrons.